The number of hydrogen-bond donors (Lipinski definition) is 1. The van der Waals surface area contributed by atoms with Crippen LogP contribution in [0, 0.1) is 20.8 Å². The maximum atomic E-state index is 6.10. The van der Waals surface area contributed by atoms with E-state index in [1.165, 1.54) is 0 Å². The SMILES string of the molecule is Cc1nc(-c2n[nH]c(C)c2Cl)c(C)s1. The Morgan fingerprint density at radius 3 is 2.36 bits per heavy atom. The van der Waals surface area contributed by atoms with Crippen LogP contribution in [0.5, 0.6) is 0 Å². The molecule has 0 fully saturated rings. The van der Waals surface area contributed by atoms with Gasteiger partial charge >= 0.3 is 0 Å². The molecule has 0 radical (unpaired) electrons. The molecular formula is C9H10ClN3S. The number of H-pyrrole nitrogens is 1. The largest absolute Gasteiger partial charge is 0.281 e. The molecule has 2 aromatic rings. The van der Waals surface area contributed by atoms with Crippen molar-refractivity contribution in [3.8, 4) is 11.4 Å². The zero-order valence-electron chi connectivity index (χ0n) is 8.18. The minimum Gasteiger partial charge on any atom is -0.281 e. The second kappa shape index (κ2) is 3.37. The average molecular weight is 228 g/mol. The van der Waals surface area contributed by atoms with Crippen molar-refractivity contribution in [2.75, 3.05) is 0 Å². The van der Waals surface area contributed by atoms with Gasteiger partial charge in [-0.05, 0) is 20.8 Å². The van der Waals surface area contributed by atoms with Crippen LogP contribution in [0.15, 0.2) is 0 Å². The lowest BCUT2D eigenvalue weighted by Gasteiger charge is -1.92. The highest BCUT2D eigenvalue weighted by molar-refractivity contribution is 7.11. The van der Waals surface area contributed by atoms with Crippen LogP contribution in [0.2, 0.25) is 5.02 Å². The second-order valence-corrected chi connectivity index (χ2v) is 4.93. The Morgan fingerprint density at radius 1 is 1.21 bits per heavy atom. The van der Waals surface area contributed by atoms with Crippen molar-refractivity contribution in [1.29, 1.82) is 0 Å². The van der Waals surface area contributed by atoms with Crippen LogP contribution < -0.4 is 0 Å². The summed E-state index contributed by atoms with van der Waals surface area (Å²) in [5, 5.41) is 8.70. The van der Waals surface area contributed by atoms with E-state index in [2.05, 4.69) is 15.2 Å². The molecule has 0 aliphatic carbocycles. The first-order chi connectivity index (χ1) is 6.59. The summed E-state index contributed by atoms with van der Waals surface area (Å²) < 4.78 is 0. The molecule has 0 atom stereocenters. The van der Waals surface area contributed by atoms with Gasteiger partial charge in [0.25, 0.3) is 0 Å². The molecule has 74 valence electrons. The van der Waals surface area contributed by atoms with E-state index in [1.54, 1.807) is 11.3 Å². The topological polar surface area (TPSA) is 41.6 Å². The Morgan fingerprint density at radius 2 is 1.93 bits per heavy atom. The van der Waals surface area contributed by atoms with Crippen LogP contribution >= 0.6 is 22.9 Å². The lowest BCUT2D eigenvalue weighted by Crippen LogP contribution is -1.81. The third-order valence-corrected chi connectivity index (χ3v) is 3.35. The molecule has 0 spiro atoms. The van der Waals surface area contributed by atoms with Gasteiger partial charge in [-0.3, -0.25) is 5.10 Å². The van der Waals surface area contributed by atoms with Crippen LogP contribution in [-0.4, -0.2) is 15.2 Å². The van der Waals surface area contributed by atoms with E-state index in [-0.39, 0.29) is 0 Å². The quantitative estimate of drug-likeness (QED) is 0.814. The van der Waals surface area contributed by atoms with Gasteiger partial charge in [-0.2, -0.15) is 5.10 Å². The first-order valence-electron chi connectivity index (χ1n) is 4.24. The van der Waals surface area contributed by atoms with Gasteiger partial charge in [0.1, 0.15) is 11.4 Å². The summed E-state index contributed by atoms with van der Waals surface area (Å²) in [6.45, 7) is 5.91. The van der Waals surface area contributed by atoms with Crippen LogP contribution in [0.4, 0.5) is 0 Å². The van der Waals surface area contributed by atoms with E-state index in [0.717, 1.165) is 27.0 Å². The van der Waals surface area contributed by atoms with Gasteiger partial charge in [0.05, 0.1) is 15.7 Å². The summed E-state index contributed by atoms with van der Waals surface area (Å²) in [6, 6.07) is 0. The van der Waals surface area contributed by atoms with E-state index in [0.29, 0.717) is 5.02 Å². The molecule has 1 N–H and O–H groups in total. The van der Waals surface area contributed by atoms with Gasteiger partial charge in [-0.25, -0.2) is 4.98 Å². The molecule has 0 amide bonds. The van der Waals surface area contributed by atoms with Crippen LogP contribution in [0.25, 0.3) is 11.4 Å². The standard InChI is InChI=1S/C9H10ClN3S/c1-4-7(10)9(13-12-4)8-5(2)14-6(3)11-8/h1-3H3,(H,12,13). The van der Waals surface area contributed by atoms with Gasteiger partial charge in [-0.15, -0.1) is 11.3 Å². The van der Waals surface area contributed by atoms with Gasteiger partial charge in [0, 0.05) is 4.88 Å². The van der Waals surface area contributed by atoms with E-state index >= 15 is 0 Å². The molecule has 0 aromatic carbocycles. The van der Waals surface area contributed by atoms with E-state index < -0.39 is 0 Å². The second-order valence-electron chi connectivity index (χ2n) is 3.15. The van der Waals surface area contributed by atoms with Crippen molar-refractivity contribution in [3.63, 3.8) is 0 Å². The van der Waals surface area contributed by atoms with Crippen molar-refractivity contribution >= 4 is 22.9 Å². The molecule has 0 saturated heterocycles. The predicted molar refractivity (Wildman–Crippen MR) is 58.9 cm³/mol. The molecule has 0 bridgehead atoms. The molecule has 2 aromatic heterocycles. The number of aromatic nitrogens is 3. The molecule has 0 unspecified atom stereocenters. The van der Waals surface area contributed by atoms with Crippen LogP contribution in [-0.2, 0) is 0 Å². The number of thiazole rings is 1. The van der Waals surface area contributed by atoms with E-state index in [9.17, 15) is 0 Å². The average Bonchev–Trinajstić information content (AvgIpc) is 2.59. The summed E-state index contributed by atoms with van der Waals surface area (Å²) in [4.78, 5) is 5.56. The number of rotatable bonds is 1. The first-order valence-corrected chi connectivity index (χ1v) is 5.44. The molecule has 0 aliphatic heterocycles. The molecule has 2 heterocycles. The minimum atomic E-state index is 0.665. The minimum absolute atomic E-state index is 0.665. The van der Waals surface area contributed by atoms with Gasteiger partial charge in [0.2, 0.25) is 0 Å². The van der Waals surface area contributed by atoms with E-state index in [4.69, 9.17) is 11.6 Å². The van der Waals surface area contributed by atoms with E-state index in [1.807, 2.05) is 20.8 Å². The highest BCUT2D eigenvalue weighted by Gasteiger charge is 2.15. The zero-order chi connectivity index (χ0) is 10.3. The fourth-order valence-electron chi connectivity index (χ4n) is 1.32. The molecule has 14 heavy (non-hydrogen) atoms. The summed E-state index contributed by atoms with van der Waals surface area (Å²) in [7, 11) is 0. The first kappa shape index (κ1) is 9.68. The Hall–Kier alpha value is -0.870. The van der Waals surface area contributed by atoms with Gasteiger partial charge in [0.15, 0.2) is 0 Å². The zero-order valence-corrected chi connectivity index (χ0v) is 9.75. The number of nitrogens with zero attached hydrogens (tertiary/aromatic N) is 2. The summed E-state index contributed by atoms with van der Waals surface area (Å²) >= 11 is 7.75. The van der Waals surface area contributed by atoms with Gasteiger partial charge in [-0.1, -0.05) is 11.6 Å². The molecular weight excluding hydrogens is 218 g/mol. The fourth-order valence-corrected chi connectivity index (χ4v) is 2.31. The molecule has 0 aliphatic rings. The Bertz CT molecular complexity index is 472. The monoisotopic (exact) mass is 227 g/mol. The maximum absolute atomic E-state index is 6.10. The molecule has 0 saturated carbocycles. The number of nitrogens with one attached hydrogen (secondary N) is 1. The van der Waals surface area contributed by atoms with Crippen molar-refractivity contribution < 1.29 is 0 Å². The van der Waals surface area contributed by atoms with Crippen molar-refractivity contribution in [1.82, 2.24) is 15.2 Å². The fraction of sp³-hybridized carbons (Fsp3) is 0.333. The van der Waals surface area contributed by atoms with Crippen molar-refractivity contribution in [2.45, 2.75) is 20.8 Å². The predicted octanol–water partition coefficient (Wildman–Crippen LogP) is 3.11. The normalized spacial score (nSPS) is 10.9. The Labute approximate surface area is 91.1 Å². The smallest absolute Gasteiger partial charge is 0.130 e. The van der Waals surface area contributed by atoms with Crippen molar-refractivity contribution in [3.05, 3.63) is 20.6 Å². The van der Waals surface area contributed by atoms with Gasteiger partial charge < -0.3 is 0 Å². The highest BCUT2D eigenvalue weighted by atomic mass is 35.5. The third kappa shape index (κ3) is 1.44. The number of halogens is 1. The summed E-state index contributed by atoms with van der Waals surface area (Å²) in [5.74, 6) is 0. The third-order valence-electron chi connectivity index (χ3n) is 2.00. The molecule has 5 heteroatoms. The van der Waals surface area contributed by atoms with Crippen LogP contribution in [0.3, 0.4) is 0 Å². The molecule has 2 rings (SSSR count). The lowest BCUT2D eigenvalue weighted by atomic mass is 10.2. The highest BCUT2D eigenvalue weighted by Crippen LogP contribution is 2.31. The Kier molecular flexibility index (Phi) is 2.33. The molecule has 3 nitrogen and oxygen atoms in total. The maximum Gasteiger partial charge on any atom is 0.130 e. The lowest BCUT2D eigenvalue weighted by molar-refractivity contribution is 1.04. The van der Waals surface area contributed by atoms with Crippen molar-refractivity contribution in [2.24, 2.45) is 0 Å². The summed E-state index contributed by atoms with van der Waals surface area (Å²) in [6.07, 6.45) is 0. The number of hydrogen-bond acceptors (Lipinski definition) is 3. The Balaban J connectivity index is 2.59. The summed E-state index contributed by atoms with van der Waals surface area (Å²) in [5.41, 5.74) is 2.53. The van der Waals surface area contributed by atoms with Crippen LogP contribution in [0.1, 0.15) is 15.6 Å². The number of aromatic amines is 1. The number of aryl methyl sites for hydroxylation is 3.